The number of amides is 2. The number of ether oxygens (including phenoxy) is 3. The lowest BCUT2D eigenvalue weighted by molar-refractivity contribution is -0.142. The lowest BCUT2D eigenvalue weighted by Crippen LogP contribution is -2.42. The van der Waals surface area contributed by atoms with Gasteiger partial charge in [-0.1, -0.05) is 60.7 Å². The van der Waals surface area contributed by atoms with Crippen molar-refractivity contribution in [2.45, 2.75) is 12.8 Å². The second-order valence-corrected chi connectivity index (χ2v) is 10.7. The first kappa shape index (κ1) is 23.0. The molecule has 196 valence electrons. The average Bonchev–Trinajstić information content (AvgIpc) is 3.54. The van der Waals surface area contributed by atoms with Gasteiger partial charge in [0.2, 0.25) is 18.6 Å². The Morgan fingerprint density at radius 2 is 1.52 bits per heavy atom. The Morgan fingerprint density at radius 3 is 2.40 bits per heavy atom. The summed E-state index contributed by atoms with van der Waals surface area (Å²) in [6.45, 7) is 2.00. The Labute approximate surface area is 229 Å². The number of nitrogens with zero attached hydrogens (tertiary/aromatic N) is 1. The summed E-state index contributed by atoms with van der Waals surface area (Å²) in [5, 5.41) is 1.93. The largest absolute Gasteiger partial charge is 0.454 e. The van der Waals surface area contributed by atoms with Crippen molar-refractivity contribution in [1.82, 2.24) is 0 Å². The maximum Gasteiger partial charge on any atom is 0.319 e. The van der Waals surface area contributed by atoms with Crippen LogP contribution >= 0.6 is 0 Å². The molecule has 4 atom stereocenters. The average molecular weight is 530 g/mol. The van der Waals surface area contributed by atoms with E-state index >= 15 is 0 Å². The van der Waals surface area contributed by atoms with Crippen LogP contribution in [-0.4, -0.2) is 24.6 Å². The van der Waals surface area contributed by atoms with Crippen LogP contribution in [0.4, 0.5) is 5.69 Å². The summed E-state index contributed by atoms with van der Waals surface area (Å²) in [6.07, 6.45) is 2.00. The van der Waals surface area contributed by atoms with Gasteiger partial charge in [-0.3, -0.25) is 14.4 Å². The number of anilines is 1. The molecule has 4 aliphatic rings. The lowest BCUT2D eigenvalue weighted by Gasteiger charge is -2.38. The fourth-order valence-corrected chi connectivity index (χ4v) is 6.83. The van der Waals surface area contributed by atoms with E-state index in [-0.39, 0.29) is 18.6 Å². The standard InChI is InChI=1S/C33H23NO6/c1-17-6-2-5-9-23(17)34-31(35)28-21(19-11-12-24-26(14-19)39-16-38-24)15-22-27-20-8-4-3-7-18(20)10-13-25(27)40-33(37)29(22)30(28)32(34)36/h2-15,21,28-30H,16H2,1H3/t21-,28+,29+,30-/m0/s1. The second kappa shape index (κ2) is 8.29. The SMILES string of the molecule is Cc1ccccc1N1C(=O)[C@@H]2[C@@H]3C(=O)Oc4ccc5ccccc5c4C3=C[C@@H](c3ccc4c(c3)OCO4)[C@H]2C1=O. The first-order valence-corrected chi connectivity index (χ1v) is 13.3. The van der Waals surface area contributed by atoms with Gasteiger partial charge >= 0.3 is 5.97 Å². The molecule has 0 N–H and O–H groups in total. The third-order valence-electron chi connectivity index (χ3n) is 8.62. The number of fused-ring (bicyclic) bond motifs is 8. The molecule has 7 heteroatoms. The van der Waals surface area contributed by atoms with Crippen LogP contribution in [0.15, 0.2) is 84.9 Å². The zero-order chi connectivity index (χ0) is 27.1. The molecule has 40 heavy (non-hydrogen) atoms. The van der Waals surface area contributed by atoms with E-state index in [2.05, 4.69) is 0 Å². The minimum absolute atomic E-state index is 0.127. The smallest absolute Gasteiger partial charge is 0.319 e. The normalized spacial score (nSPS) is 24.4. The van der Waals surface area contributed by atoms with Crippen LogP contribution in [0, 0.1) is 24.7 Å². The van der Waals surface area contributed by atoms with Gasteiger partial charge in [0.15, 0.2) is 11.5 Å². The van der Waals surface area contributed by atoms with Gasteiger partial charge in [-0.05, 0) is 58.7 Å². The molecular formula is C33H23NO6. The third kappa shape index (κ3) is 3.09. The zero-order valence-corrected chi connectivity index (χ0v) is 21.5. The van der Waals surface area contributed by atoms with Crippen LogP contribution in [0.1, 0.15) is 22.6 Å². The summed E-state index contributed by atoms with van der Waals surface area (Å²) < 4.78 is 17.0. The number of aryl methyl sites for hydroxylation is 1. The number of para-hydroxylation sites is 1. The van der Waals surface area contributed by atoms with Gasteiger partial charge in [0.25, 0.3) is 0 Å². The second-order valence-electron chi connectivity index (χ2n) is 10.7. The minimum Gasteiger partial charge on any atom is -0.454 e. The Morgan fingerprint density at radius 1 is 0.775 bits per heavy atom. The van der Waals surface area contributed by atoms with Gasteiger partial charge in [-0.25, -0.2) is 4.90 Å². The number of rotatable bonds is 2. The molecule has 1 saturated heterocycles. The van der Waals surface area contributed by atoms with E-state index in [1.165, 1.54) is 4.90 Å². The van der Waals surface area contributed by atoms with E-state index in [0.717, 1.165) is 33.0 Å². The van der Waals surface area contributed by atoms with Crippen LogP contribution < -0.4 is 19.1 Å². The molecule has 0 bridgehead atoms. The fourth-order valence-electron chi connectivity index (χ4n) is 6.83. The first-order valence-electron chi connectivity index (χ1n) is 13.3. The highest BCUT2D eigenvalue weighted by molar-refractivity contribution is 6.25. The Hall–Kier alpha value is -4.91. The predicted molar refractivity (Wildman–Crippen MR) is 147 cm³/mol. The van der Waals surface area contributed by atoms with Crippen molar-refractivity contribution < 1.29 is 28.6 Å². The molecule has 4 aromatic carbocycles. The molecule has 3 heterocycles. The van der Waals surface area contributed by atoms with E-state index < -0.39 is 29.6 Å². The van der Waals surface area contributed by atoms with Crippen LogP contribution in [0.3, 0.4) is 0 Å². The van der Waals surface area contributed by atoms with Crippen LogP contribution in [0.2, 0.25) is 0 Å². The summed E-state index contributed by atoms with van der Waals surface area (Å²) in [5.74, 6) is -2.61. The maximum absolute atomic E-state index is 14.3. The van der Waals surface area contributed by atoms with Crippen LogP contribution in [-0.2, 0) is 14.4 Å². The molecule has 0 aromatic heterocycles. The molecule has 1 fully saturated rings. The number of hydrogen-bond donors (Lipinski definition) is 0. The molecule has 2 amide bonds. The van der Waals surface area contributed by atoms with Crippen LogP contribution in [0.5, 0.6) is 17.2 Å². The van der Waals surface area contributed by atoms with Crippen molar-refractivity contribution in [1.29, 1.82) is 0 Å². The summed E-state index contributed by atoms with van der Waals surface area (Å²) in [7, 11) is 0. The third-order valence-corrected chi connectivity index (χ3v) is 8.62. The van der Waals surface area contributed by atoms with E-state index in [1.807, 2.05) is 73.7 Å². The number of carbonyl (C=O) groups is 3. The summed E-state index contributed by atoms with van der Waals surface area (Å²) in [5.41, 5.74) is 3.67. The first-order chi connectivity index (χ1) is 19.5. The molecule has 1 aliphatic carbocycles. The molecule has 3 aliphatic heterocycles. The van der Waals surface area contributed by atoms with Crippen molar-refractivity contribution in [3.05, 3.63) is 102 Å². The minimum atomic E-state index is -0.915. The molecule has 0 unspecified atom stereocenters. The van der Waals surface area contributed by atoms with E-state index in [0.29, 0.717) is 22.9 Å². The highest BCUT2D eigenvalue weighted by atomic mass is 16.7. The molecule has 8 rings (SSSR count). The predicted octanol–water partition coefficient (Wildman–Crippen LogP) is 5.40. The van der Waals surface area contributed by atoms with Crippen molar-refractivity contribution in [2.24, 2.45) is 17.8 Å². The number of imide groups is 1. The molecule has 0 spiro atoms. The van der Waals surface area contributed by atoms with Gasteiger partial charge in [0.05, 0.1) is 23.4 Å². The highest BCUT2D eigenvalue weighted by Gasteiger charge is 2.60. The topological polar surface area (TPSA) is 82.1 Å². The number of benzene rings is 4. The quantitative estimate of drug-likeness (QED) is 0.197. The molecule has 7 nitrogen and oxygen atoms in total. The van der Waals surface area contributed by atoms with Gasteiger partial charge in [0, 0.05) is 11.5 Å². The summed E-state index contributed by atoms with van der Waals surface area (Å²) in [4.78, 5) is 43.4. The zero-order valence-electron chi connectivity index (χ0n) is 21.5. The lowest BCUT2D eigenvalue weighted by atomic mass is 9.64. The monoisotopic (exact) mass is 529 g/mol. The molecule has 4 aromatic rings. The number of hydrogen-bond acceptors (Lipinski definition) is 6. The Kier molecular flexibility index (Phi) is 4.77. The van der Waals surface area contributed by atoms with Crippen molar-refractivity contribution in [3.8, 4) is 17.2 Å². The summed E-state index contributed by atoms with van der Waals surface area (Å²) in [6, 6.07) is 24.6. The summed E-state index contributed by atoms with van der Waals surface area (Å²) >= 11 is 0. The Balaban J connectivity index is 1.38. The number of esters is 1. The van der Waals surface area contributed by atoms with Gasteiger partial charge in [-0.2, -0.15) is 0 Å². The highest BCUT2D eigenvalue weighted by Crippen LogP contribution is 2.56. The van der Waals surface area contributed by atoms with E-state index in [4.69, 9.17) is 14.2 Å². The van der Waals surface area contributed by atoms with Crippen molar-refractivity contribution >= 4 is 39.8 Å². The van der Waals surface area contributed by atoms with Crippen molar-refractivity contribution in [3.63, 3.8) is 0 Å². The fraction of sp³-hybridized carbons (Fsp3) is 0.182. The number of allylic oxidation sites excluding steroid dienone is 1. The van der Waals surface area contributed by atoms with E-state index in [9.17, 15) is 14.4 Å². The van der Waals surface area contributed by atoms with Gasteiger partial charge in [-0.15, -0.1) is 0 Å². The molecular weight excluding hydrogens is 506 g/mol. The molecule has 0 radical (unpaired) electrons. The Bertz CT molecular complexity index is 1820. The van der Waals surface area contributed by atoms with Crippen LogP contribution in [0.25, 0.3) is 16.3 Å². The van der Waals surface area contributed by atoms with Gasteiger partial charge < -0.3 is 14.2 Å². The molecule has 0 saturated carbocycles. The maximum atomic E-state index is 14.3. The number of carbonyl (C=O) groups excluding carboxylic acids is 3. The van der Waals surface area contributed by atoms with Gasteiger partial charge in [0.1, 0.15) is 5.75 Å². The van der Waals surface area contributed by atoms with E-state index in [1.54, 1.807) is 18.2 Å². The van der Waals surface area contributed by atoms with Crippen molar-refractivity contribution in [2.75, 3.05) is 11.7 Å².